The minimum Gasteiger partial charge on any atom is -0.372 e. The monoisotopic (exact) mass is 188 g/mol. The zero-order chi connectivity index (χ0) is 9.97. The van der Waals surface area contributed by atoms with Crippen LogP contribution in [0.4, 0.5) is 11.4 Å². The van der Waals surface area contributed by atoms with E-state index >= 15 is 0 Å². The van der Waals surface area contributed by atoms with Crippen LogP contribution >= 0.6 is 0 Å². The van der Waals surface area contributed by atoms with Crippen LogP contribution in [0.2, 0.25) is 0 Å². The highest BCUT2D eigenvalue weighted by Crippen LogP contribution is 2.26. The highest BCUT2D eigenvalue weighted by molar-refractivity contribution is 5.57. The summed E-state index contributed by atoms with van der Waals surface area (Å²) in [6.45, 7) is 4.26. The van der Waals surface area contributed by atoms with Gasteiger partial charge < -0.3 is 4.90 Å². The van der Waals surface area contributed by atoms with Crippen LogP contribution in [0.15, 0.2) is 23.3 Å². The van der Waals surface area contributed by atoms with Gasteiger partial charge in [0.1, 0.15) is 0 Å². The Morgan fingerprint density at radius 3 is 2.57 bits per heavy atom. The molecular formula is C11H14N3. The molecule has 0 saturated carbocycles. The summed E-state index contributed by atoms with van der Waals surface area (Å²) in [4.78, 5) is 2.37. The second-order valence-electron chi connectivity index (χ2n) is 3.76. The summed E-state index contributed by atoms with van der Waals surface area (Å²) in [5, 5.41) is 3.22. The number of anilines is 1. The predicted molar refractivity (Wildman–Crippen MR) is 56.8 cm³/mol. The molecule has 0 amide bonds. The van der Waals surface area contributed by atoms with E-state index in [4.69, 9.17) is 5.53 Å². The lowest BCUT2D eigenvalue weighted by atomic mass is 10.2. The zero-order valence-electron chi connectivity index (χ0n) is 8.40. The third-order valence-electron chi connectivity index (χ3n) is 2.76. The number of aryl methyl sites for hydroxylation is 1. The van der Waals surface area contributed by atoms with Gasteiger partial charge in [-0.2, -0.15) is 0 Å². The van der Waals surface area contributed by atoms with E-state index in [2.05, 4.69) is 16.1 Å². The number of nitrogens with zero attached hydrogens (tertiary/aromatic N) is 3. The third kappa shape index (κ3) is 1.62. The first-order valence-corrected chi connectivity index (χ1v) is 5.02. The molecule has 73 valence electrons. The van der Waals surface area contributed by atoms with Gasteiger partial charge in [0.25, 0.3) is 0 Å². The number of rotatable bonds is 2. The molecule has 1 heterocycles. The van der Waals surface area contributed by atoms with Crippen LogP contribution in [-0.2, 0) is 0 Å². The SMILES string of the molecule is Cc1cc(N2CCCC2)ccc1N=[N]. The lowest BCUT2D eigenvalue weighted by Gasteiger charge is -2.18. The molecule has 1 saturated heterocycles. The summed E-state index contributed by atoms with van der Waals surface area (Å²) in [5.74, 6) is 0. The Hall–Kier alpha value is -1.38. The molecule has 1 aromatic rings. The van der Waals surface area contributed by atoms with Crippen LogP contribution in [0.1, 0.15) is 18.4 Å². The standard InChI is InChI=1S/C11H14N3/c1-9-8-10(4-5-11(9)13-12)14-6-2-3-7-14/h4-5,8H,2-3,6-7H2,1H3. The van der Waals surface area contributed by atoms with E-state index in [9.17, 15) is 0 Å². The molecule has 0 spiro atoms. The number of benzene rings is 1. The molecule has 2 rings (SSSR count). The van der Waals surface area contributed by atoms with Gasteiger partial charge in [0, 0.05) is 18.8 Å². The molecule has 1 aliphatic rings. The van der Waals surface area contributed by atoms with Crippen molar-refractivity contribution in [2.24, 2.45) is 5.11 Å². The van der Waals surface area contributed by atoms with Gasteiger partial charge in [-0.3, -0.25) is 0 Å². The molecule has 1 aromatic carbocycles. The molecule has 0 atom stereocenters. The van der Waals surface area contributed by atoms with E-state index < -0.39 is 0 Å². The van der Waals surface area contributed by atoms with Crippen molar-refractivity contribution in [3.05, 3.63) is 23.8 Å². The Balaban J connectivity index is 2.27. The normalized spacial score (nSPS) is 15.9. The second kappa shape index (κ2) is 3.78. The van der Waals surface area contributed by atoms with Crippen LogP contribution in [-0.4, -0.2) is 13.1 Å². The fourth-order valence-electron chi connectivity index (χ4n) is 1.92. The molecule has 0 bridgehead atoms. The van der Waals surface area contributed by atoms with E-state index in [0.717, 1.165) is 18.7 Å². The van der Waals surface area contributed by atoms with Gasteiger partial charge in [-0.05, 0) is 49.1 Å². The quantitative estimate of drug-likeness (QED) is 0.657. The van der Waals surface area contributed by atoms with E-state index in [0.29, 0.717) is 5.69 Å². The van der Waals surface area contributed by atoms with E-state index in [1.54, 1.807) is 0 Å². The summed E-state index contributed by atoms with van der Waals surface area (Å²) in [7, 11) is 0. The Morgan fingerprint density at radius 1 is 1.29 bits per heavy atom. The molecule has 1 aliphatic heterocycles. The first kappa shape index (κ1) is 9.19. The minimum atomic E-state index is 0.660. The van der Waals surface area contributed by atoms with Crippen molar-refractivity contribution in [2.75, 3.05) is 18.0 Å². The van der Waals surface area contributed by atoms with E-state index in [-0.39, 0.29) is 0 Å². The largest absolute Gasteiger partial charge is 0.372 e. The van der Waals surface area contributed by atoms with E-state index in [1.165, 1.54) is 18.5 Å². The molecule has 0 aromatic heterocycles. The topological polar surface area (TPSA) is 37.9 Å². The summed E-state index contributed by atoms with van der Waals surface area (Å²) < 4.78 is 0. The van der Waals surface area contributed by atoms with Crippen molar-refractivity contribution in [3.63, 3.8) is 0 Å². The van der Waals surface area contributed by atoms with E-state index in [1.807, 2.05) is 19.1 Å². The van der Waals surface area contributed by atoms with Crippen molar-refractivity contribution in [3.8, 4) is 0 Å². The Kier molecular flexibility index (Phi) is 2.48. The Morgan fingerprint density at radius 2 is 2.00 bits per heavy atom. The van der Waals surface area contributed by atoms with Crippen LogP contribution in [0.3, 0.4) is 0 Å². The van der Waals surface area contributed by atoms with Crippen LogP contribution < -0.4 is 10.4 Å². The zero-order valence-corrected chi connectivity index (χ0v) is 8.40. The maximum Gasteiger partial charge on any atom is 0.0906 e. The number of hydrogen-bond donors (Lipinski definition) is 0. The van der Waals surface area contributed by atoms with Gasteiger partial charge in [0.2, 0.25) is 0 Å². The first-order chi connectivity index (χ1) is 6.81. The summed E-state index contributed by atoms with van der Waals surface area (Å²) in [6, 6.07) is 5.97. The third-order valence-corrected chi connectivity index (χ3v) is 2.76. The second-order valence-corrected chi connectivity index (χ2v) is 3.76. The average Bonchev–Trinajstić information content (AvgIpc) is 2.70. The van der Waals surface area contributed by atoms with Crippen molar-refractivity contribution < 1.29 is 0 Å². The van der Waals surface area contributed by atoms with Gasteiger partial charge in [0.05, 0.1) is 5.69 Å². The van der Waals surface area contributed by atoms with Crippen molar-refractivity contribution in [2.45, 2.75) is 19.8 Å². The van der Waals surface area contributed by atoms with Crippen molar-refractivity contribution in [1.82, 2.24) is 5.53 Å². The molecule has 1 radical (unpaired) electrons. The van der Waals surface area contributed by atoms with Gasteiger partial charge in [-0.1, -0.05) is 0 Å². The minimum absolute atomic E-state index is 0.660. The maximum absolute atomic E-state index is 8.69. The first-order valence-electron chi connectivity index (χ1n) is 5.02. The smallest absolute Gasteiger partial charge is 0.0906 e. The molecule has 0 N–H and O–H groups in total. The highest BCUT2D eigenvalue weighted by atomic mass is 15.1. The fourth-order valence-corrected chi connectivity index (χ4v) is 1.92. The summed E-state index contributed by atoms with van der Waals surface area (Å²) in [5.41, 5.74) is 11.6. The Labute approximate surface area is 84.2 Å². The van der Waals surface area contributed by atoms with Gasteiger partial charge in [-0.25, -0.2) is 0 Å². The lowest BCUT2D eigenvalue weighted by Crippen LogP contribution is -2.17. The molecule has 3 nitrogen and oxygen atoms in total. The fraction of sp³-hybridized carbons (Fsp3) is 0.455. The molecule has 1 fully saturated rings. The lowest BCUT2D eigenvalue weighted by molar-refractivity contribution is 0.949. The summed E-state index contributed by atoms with van der Waals surface area (Å²) in [6.07, 6.45) is 2.57. The van der Waals surface area contributed by atoms with Gasteiger partial charge in [-0.15, -0.1) is 5.11 Å². The molecular weight excluding hydrogens is 174 g/mol. The van der Waals surface area contributed by atoms with Crippen LogP contribution in [0.5, 0.6) is 0 Å². The molecule has 0 aliphatic carbocycles. The Bertz CT molecular complexity index is 340. The highest BCUT2D eigenvalue weighted by Gasteiger charge is 2.12. The molecule has 14 heavy (non-hydrogen) atoms. The summed E-state index contributed by atoms with van der Waals surface area (Å²) >= 11 is 0. The molecule has 0 unspecified atom stereocenters. The van der Waals surface area contributed by atoms with Gasteiger partial charge in [0.15, 0.2) is 0 Å². The maximum atomic E-state index is 8.69. The van der Waals surface area contributed by atoms with Crippen LogP contribution in [0.25, 0.3) is 0 Å². The van der Waals surface area contributed by atoms with Crippen LogP contribution in [0, 0.1) is 6.92 Å². The molecule has 3 heteroatoms. The van der Waals surface area contributed by atoms with Crippen molar-refractivity contribution >= 4 is 11.4 Å². The average molecular weight is 188 g/mol. The van der Waals surface area contributed by atoms with Crippen molar-refractivity contribution in [1.29, 1.82) is 0 Å². The number of hydrogen-bond acceptors (Lipinski definition) is 2. The van der Waals surface area contributed by atoms with Gasteiger partial charge >= 0.3 is 0 Å². The predicted octanol–water partition coefficient (Wildman–Crippen LogP) is 2.48.